The summed E-state index contributed by atoms with van der Waals surface area (Å²) in [7, 11) is 3.51. The molecule has 0 fully saturated rings. The van der Waals surface area contributed by atoms with Gasteiger partial charge in [0, 0.05) is 30.3 Å². The molecule has 0 aliphatic rings. The molecule has 3 N–H and O–H groups in total. The number of nitrogens with one attached hydrogen (secondary N) is 1. The van der Waals surface area contributed by atoms with E-state index in [4.69, 9.17) is 14.9 Å². The van der Waals surface area contributed by atoms with E-state index < -0.39 is 0 Å². The van der Waals surface area contributed by atoms with Crippen LogP contribution in [0.25, 0.3) is 0 Å². The molecule has 1 aromatic rings. The third-order valence-corrected chi connectivity index (χ3v) is 5.50. The number of hydrogen-bond acceptors (Lipinski definition) is 7. The average molecular weight is 375 g/mol. The van der Waals surface area contributed by atoms with Crippen LogP contribution < -0.4 is 10.1 Å². The Morgan fingerprint density at radius 1 is 1.33 bits per heavy atom. The lowest BCUT2D eigenvalue weighted by atomic mass is 10.2. The van der Waals surface area contributed by atoms with Gasteiger partial charge in [-0.05, 0) is 19.1 Å². The summed E-state index contributed by atoms with van der Waals surface area (Å²) < 4.78 is 5.58. The fraction of sp³-hybridized carbons (Fsp3) is 0.625. The standard InChI is InChI=1S/C16H26N2O4S2/c1-12(24-23-2)4-5-16(21)17-6-3-7-22-15-8-13(10-19)18-14(9-15)11-20/h8-9,12,19-20H,3-7,10-11H2,1-2H3,(H,17,21). The minimum absolute atomic E-state index is 0.0672. The molecule has 0 saturated heterocycles. The van der Waals surface area contributed by atoms with E-state index in [0.29, 0.717) is 48.4 Å². The second-order valence-electron chi connectivity index (χ2n) is 5.27. The molecule has 6 nitrogen and oxygen atoms in total. The fourth-order valence-corrected chi connectivity index (χ4v) is 3.81. The Morgan fingerprint density at radius 3 is 2.58 bits per heavy atom. The Balaban J connectivity index is 2.21. The SMILES string of the molecule is CSSC(C)CCC(=O)NCCCOc1cc(CO)nc(CO)c1. The third kappa shape index (κ3) is 8.77. The van der Waals surface area contributed by atoms with E-state index in [1.165, 1.54) is 0 Å². The molecule has 0 aliphatic carbocycles. The summed E-state index contributed by atoms with van der Waals surface area (Å²) in [5.41, 5.74) is 0.921. The highest BCUT2D eigenvalue weighted by Gasteiger charge is 2.07. The van der Waals surface area contributed by atoms with Crippen LogP contribution in [0.15, 0.2) is 12.1 Å². The average Bonchev–Trinajstić information content (AvgIpc) is 2.59. The lowest BCUT2D eigenvalue weighted by Crippen LogP contribution is -2.25. The van der Waals surface area contributed by atoms with Gasteiger partial charge in [0.25, 0.3) is 0 Å². The molecule has 136 valence electrons. The van der Waals surface area contributed by atoms with E-state index in [9.17, 15) is 4.79 Å². The Kier molecular flexibility index (Phi) is 10.9. The first-order valence-electron chi connectivity index (χ1n) is 7.89. The summed E-state index contributed by atoms with van der Waals surface area (Å²) in [6.45, 7) is 2.73. The van der Waals surface area contributed by atoms with E-state index in [2.05, 4.69) is 17.2 Å². The highest BCUT2D eigenvalue weighted by Crippen LogP contribution is 2.26. The van der Waals surface area contributed by atoms with Crippen LogP contribution in [0.3, 0.4) is 0 Å². The highest BCUT2D eigenvalue weighted by molar-refractivity contribution is 8.76. The molecule has 0 aromatic carbocycles. The second kappa shape index (κ2) is 12.4. The summed E-state index contributed by atoms with van der Waals surface area (Å²) in [4.78, 5) is 15.8. The molecule has 1 atom stereocenters. The molecular formula is C16H26N2O4S2. The quantitative estimate of drug-likeness (QED) is 0.381. The Bertz CT molecular complexity index is 481. The van der Waals surface area contributed by atoms with Crippen molar-refractivity contribution in [3.05, 3.63) is 23.5 Å². The summed E-state index contributed by atoms with van der Waals surface area (Å²) in [5.74, 6) is 0.630. The molecule has 0 spiro atoms. The van der Waals surface area contributed by atoms with Gasteiger partial charge in [-0.15, -0.1) is 0 Å². The Labute approximate surface area is 151 Å². The van der Waals surface area contributed by atoms with Crippen LogP contribution in [-0.2, 0) is 18.0 Å². The van der Waals surface area contributed by atoms with Gasteiger partial charge in [0.2, 0.25) is 5.91 Å². The zero-order valence-electron chi connectivity index (χ0n) is 14.2. The van der Waals surface area contributed by atoms with Crippen LogP contribution in [0.2, 0.25) is 0 Å². The predicted molar refractivity (Wildman–Crippen MR) is 99.0 cm³/mol. The first kappa shape index (κ1) is 21.1. The molecule has 1 heterocycles. The molecule has 8 heteroatoms. The zero-order chi connectivity index (χ0) is 17.8. The number of rotatable bonds is 12. The van der Waals surface area contributed by atoms with Crippen molar-refractivity contribution >= 4 is 27.5 Å². The molecule has 0 saturated carbocycles. The molecule has 1 amide bonds. The minimum Gasteiger partial charge on any atom is -0.493 e. The molecule has 0 aliphatic heterocycles. The van der Waals surface area contributed by atoms with E-state index in [0.717, 1.165) is 6.42 Å². The first-order valence-corrected chi connectivity index (χ1v) is 10.5. The number of aliphatic hydroxyl groups is 2. The van der Waals surface area contributed by atoms with Crippen molar-refractivity contribution in [2.75, 3.05) is 19.4 Å². The van der Waals surface area contributed by atoms with Crippen molar-refractivity contribution < 1.29 is 19.7 Å². The van der Waals surface area contributed by atoms with Crippen molar-refractivity contribution in [1.29, 1.82) is 0 Å². The van der Waals surface area contributed by atoms with Gasteiger partial charge in [-0.2, -0.15) is 0 Å². The zero-order valence-corrected chi connectivity index (χ0v) is 15.8. The monoisotopic (exact) mass is 374 g/mol. The van der Waals surface area contributed by atoms with Crippen LogP contribution in [0.4, 0.5) is 0 Å². The molecular weight excluding hydrogens is 348 g/mol. The summed E-state index contributed by atoms with van der Waals surface area (Å²) in [6, 6.07) is 3.28. The topological polar surface area (TPSA) is 91.7 Å². The van der Waals surface area contributed by atoms with Crippen LogP contribution in [0, 0.1) is 0 Å². The van der Waals surface area contributed by atoms with Crippen LogP contribution in [-0.4, -0.2) is 45.8 Å². The van der Waals surface area contributed by atoms with Gasteiger partial charge in [-0.3, -0.25) is 9.78 Å². The fourth-order valence-electron chi connectivity index (χ4n) is 1.99. The summed E-state index contributed by atoms with van der Waals surface area (Å²) in [5, 5.41) is 21.6. The van der Waals surface area contributed by atoms with Gasteiger partial charge in [-0.1, -0.05) is 28.5 Å². The van der Waals surface area contributed by atoms with Crippen LogP contribution in [0.1, 0.15) is 37.6 Å². The number of ether oxygens (including phenoxy) is 1. The maximum absolute atomic E-state index is 11.7. The van der Waals surface area contributed by atoms with Crippen molar-refractivity contribution in [2.24, 2.45) is 0 Å². The van der Waals surface area contributed by atoms with E-state index in [1.54, 1.807) is 33.7 Å². The molecule has 1 rings (SSSR count). The summed E-state index contributed by atoms with van der Waals surface area (Å²) >= 11 is 0. The number of aliphatic hydroxyl groups excluding tert-OH is 2. The van der Waals surface area contributed by atoms with Gasteiger partial charge in [-0.25, -0.2) is 0 Å². The van der Waals surface area contributed by atoms with Crippen LogP contribution in [0.5, 0.6) is 5.75 Å². The smallest absolute Gasteiger partial charge is 0.220 e. The van der Waals surface area contributed by atoms with Gasteiger partial charge in [0.15, 0.2) is 0 Å². The highest BCUT2D eigenvalue weighted by atomic mass is 33.1. The number of nitrogens with zero attached hydrogens (tertiary/aromatic N) is 1. The number of pyridine rings is 1. The number of amides is 1. The van der Waals surface area contributed by atoms with Crippen molar-refractivity contribution in [1.82, 2.24) is 10.3 Å². The van der Waals surface area contributed by atoms with Crippen molar-refractivity contribution in [2.45, 2.75) is 44.6 Å². The normalized spacial score (nSPS) is 12.0. The third-order valence-electron chi connectivity index (χ3n) is 3.18. The molecule has 1 aromatic heterocycles. The van der Waals surface area contributed by atoms with E-state index in [1.807, 2.05) is 6.26 Å². The first-order chi connectivity index (χ1) is 11.6. The van der Waals surface area contributed by atoms with E-state index >= 15 is 0 Å². The lowest BCUT2D eigenvalue weighted by molar-refractivity contribution is -0.121. The van der Waals surface area contributed by atoms with Crippen molar-refractivity contribution in [3.63, 3.8) is 0 Å². The van der Waals surface area contributed by atoms with Crippen LogP contribution >= 0.6 is 21.6 Å². The molecule has 24 heavy (non-hydrogen) atoms. The van der Waals surface area contributed by atoms with E-state index in [-0.39, 0.29) is 19.1 Å². The Morgan fingerprint density at radius 2 is 2.00 bits per heavy atom. The van der Waals surface area contributed by atoms with Gasteiger partial charge in [0.05, 0.1) is 31.2 Å². The maximum Gasteiger partial charge on any atom is 0.220 e. The van der Waals surface area contributed by atoms with Gasteiger partial charge >= 0.3 is 0 Å². The number of hydrogen-bond donors (Lipinski definition) is 3. The Hall–Kier alpha value is -0.960. The second-order valence-corrected chi connectivity index (χ2v) is 8.17. The van der Waals surface area contributed by atoms with Gasteiger partial charge < -0.3 is 20.3 Å². The van der Waals surface area contributed by atoms with Gasteiger partial charge in [0.1, 0.15) is 5.75 Å². The molecule has 0 bridgehead atoms. The molecule has 0 radical (unpaired) electrons. The number of aromatic nitrogens is 1. The molecule has 1 unspecified atom stereocenters. The maximum atomic E-state index is 11.7. The summed E-state index contributed by atoms with van der Waals surface area (Å²) in [6.07, 6.45) is 4.14. The predicted octanol–water partition coefficient (Wildman–Crippen LogP) is 2.13. The number of carbonyl (C=O) groups is 1. The largest absolute Gasteiger partial charge is 0.493 e. The van der Waals surface area contributed by atoms with Crippen molar-refractivity contribution in [3.8, 4) is 5.75 Å². The lowest BCUT2D eigenvalue weighted by Gasteiger charge is -2.10. The minimum atomic E-state index is -0.201. The number of carbonyl (C=O) groups excluding carboxylic acids is 1.